The standard InChI is InChI=1S/C15H22BrClN4/c1-4-19-8-11-13(7-12(17)14(16)15(11)18)21-6-5-10(9-21)20(2)3/h7-8,10H,4-6,9,18H2,1-3H3/t10-/m1/s1. The Balaban J connectivity index is 2.41. The zero-order valence-corrected chi connectivity index (χ0v) is 15.1. The van der Waals surface area contributed by atoms with Gasteiger partial charge in [-0.05, 0) is 49.4 Å². The van der Waals surface area contributed by atoms with Gasteiger partial charge in [-0.2, -0.15) is 0 Å². The second-order valence-electron chi connectivity index (χ2n) is 5.50. The van der Waals surface area contributed by atoms with Gasteiger partial charge < -0.3 is 15.5 Å². The molecule has 6 heteroatoms. The summed E-state index contributed by atoms with van der Waals surface area (Å²) in [4.78, 5) is 8.96. The third-order valence-electron chi connectivity index (χ3n) is 3.91. The van der Waals surface area contributed by atoms with E-state index in [0.717, 1.165) is 41.8 Å². The van der Waals surface area contributed by atoms with Crippen LogP contribution in [-0.4, -0.2) is 50.9 Å². The van der Waals surface area contributed by atoms with Crippen molar-refractivity contribution in [3.05, 3.63) is 21.1 Å². The van der Waals surface area contributed by atoms with Crippen LogP contribution in [0.3, 0.4) is 0 Å². The molecule has 1 atom stereocenters. The van der Waals surface area contributed by atoms with Crippen LogP contribution in [0, 0.1) is 0 Å². The van der Waals surface area contributed by atoms with Gasteiger partial charge in [0.15, 0.2) is 0 Å². The number of hydrogen-bond donors (Lipinski definition) is 1. The van der Waals surface area contributed by atoms with E-state index in [1.54, 1.807) is 0 Å². The molecule has 4 nitrogen and oxygen atoms in total. The van der Waals surface area contributed by atoms with Crippen molar-refractivity contribution in [2.75, 3.05) is 44.4 Å². The lowest BCUT2D eigenvalue weighted by molar-refractivity contribution is 0.315. The quantitative estimate of drug-likeness (QED) is 0.651. The molecule has 1 fully saturated rings. The summed E-state index contributed by atoms with van der Waals surface area (Å²) in [7, 11) is 4.24. The minimum Gasteiger partial charge on any atom is -0.397 e. The molecule has 1 saturated heterocycles. The first-order chi connectivity index (χ1) is 9.95. The van der Waals surface area contributed by atoms with Gasteiger partial charge in [-0.1, -0.05) is 11.6 Å². The average Bonchev–Trinajstić information content (AvgIpc) is 2.93. The Kier molecular flexibility index (Phi) is 5.52. The molecule has 2 N–H and O–H groups in total. The number of likely N-dealkylation sites (N-methyl/N-ethyl adjacent to an activating group) is 1. The van der Waals surface area contributed by atoms with Crippen LogP contribution in [0.15, 0.2) is 15.5 Å². The molecule has 1 aliphatic heterocycles. The third-order valence-corrected chi connectivity index (χ3v) is 5.29. The van der Waals surface area contributed by atoms with Crippen LogP contribution in [-0.2, 0) is 0 Å². The lowest BCUT2D eigenvalue weighted by Crippen LogP contribution is -2.31. The fourth-order valence-electron chi connectivity index (χ4n) is 2.61. The highest BCUT2D eigenvalue weighted by Gasteiger charge is 2.27. The second-order valence-corrected chi connectivity index (χ2v) is 6.70. The number of rotatable bonds is 4. The van der Waals surface area contributed by atoms with Crippen LogP contribution in [0.25, 0.3) is 0 Å². The maximum absolute atomic E-state index is 6.29. The van der Waals surface area contributed by atoms with E-state index in [4.69, 9.17) is 17.3 Å². The van der Waals surface area contributed by atoms with E-state index in [9.17, 15) is 0 Å². The van der Waals surface area contributed by atoms with E-state index in [1.807, 2.05) is 19.2 Å². The number of halogens is 2. The number of nitrogens with two attached hydrogens (primary N) is 1. The monoisotopic (exact) mass is 372 g/mol. The molecule has 21 heavy (non-hydrogen) atoms. The lowest BCUT2D eigenvalue weighted by atomic mass is 10.1. The van der Waals surface area contributed by atoms with Crippen molar-refractivity contribution in [2.24, 2.45) is 4.99 Å². The van der Waals surface area contributed by atoms with Gasteiger partial charge in [-0.15, -0.1) is 0 Å². The van der Waals surface area contributed by atoms with Gasteiger partial charge in [0.1, 0.15) is 0 Å². The Morgan fingerprint density at radius 1 is 1.57 bits per heavy atom. The Morgan fingerprint density at radius 3 is 2.86 bits per heavy atom. The minimum absolute atomic E-state index is 0.560. The van der Waals surface area contributed by atoms with Crippen molar-refractivity contribution in [3.63, 3.8) is 0 Å². The Bertz CT molecular complexity index is 545. The second kappa shape index (κ2) is 6.99. The number of hydrogen-bond acceptors (Lipinski definition) is 4. The summed E-state index contributed by atoms with van der Waals surface area (Å²) in [5.74, 6) is 0. The van der Waals surface area contributed by atoms with Crippen LogP contribution in [0.5, 0.6) is 0 Å². The summed E-state index contributed by atoms with van der Waals surface area (Å²) in [6.45, 7) is 4.74. The fraction of sp³-hybridized carbons (Fsp3) is 0.533. The summed E-state index contributed by atoms with van der Waals surface area (Å²) in [5.41, 5.74) is 8.91. The van der Waals surface area contributed by atoms with Gasteiger partial charge in [0.05, 0.1) is 15.2 Å². The summed E-state index contributed by atoms with van der Waals surface area (Å²) < 4.78 is 0.744. The molecule has 0 saturated carbocycles. The molecular weight excluding hydrogens is 352 g/mol. The van der Waals surface area contributed by atoms with Gasteiger partial charge in [-0.25, -0.2) is 0 Å². The highest BCUT2D eigenvalue weighted by molar-refractivity contribution is 9.10. The average molecular weight is 374 g/mol. The first-order valence-electron chi connectivity index (χ1n) is 7.14. The van der Waals surface area contributed by atoms with Crippen LogP contribution in [0.4, 0.5) is 11.4 Å². The molecule has 0 unspecified atom stereocenters. The maximum atomic E-state index is 6.29. The molecule has 116 valence electrons. The predicted molar refractivity (Wildman–Crippen MR) is 96.0 cm³/mol. The van der Waals surface area contributed by atoms with E-state index in [2.05, 4.69) is 44.8 Å². The van der Waals surface area contributed by atoms with Crippen molar-refractivity contribution in [3.8, 4) is 0 Å². The lowest BCUT2D eigenvalue weighted by Gasteiger charge is -2.24. The number of aliphatic imine (C=N–C) groups is 1. The van der Waals surface area contributed by atoms with E-state index in [0.29, 0.717) is 16.8 Å². The molecule has 0 amide bonds. The summed E-state index contributed by atoms with van der Waals surface area (Å²) in [6.07, 6.45) is 3.00. The summed E-state index contributed by atoms with van der Waals surface area (Å²) in [6, 6.07) is 2.54. The first kappa shape index (κ1) is 16.6. The molecule has 0 bridgehead atoms. The molecule has 1 aromatic rings. The van der Waals surface area contributed by atoms with E-state index < -0.39 is 0 Å². The molecule has 1 aliphatic rings. The zero-order chi connectivity index (χ0) is 15.6. The van der Waals surface area contributed by atoms with Gasteiger partial charge in [-0.3, -0.25) is 4.99 Å². The normalized spacial score (nSPS) is 19.1. The van der Waals surface area contributed by atoms with Crippen molar-refractivity contribution >= 4 is 45.1 Å². The van der Waals surface area contributed by atoms with Crippen LogP contribution in [0.2, 0.25) is 5.02 Å². The van der Waals surface area contributed by atoms with Crippen molar-refractivity contribution in [2.45, 2.75) is 19.4 Å². The van der Waals surface area contributed by atoms with E-state index in [-0.39, 0.29) is 0 Å². The Morgan fingerprint density at radius 2 is 2.29 bits per heavy atom. The SMILES string of the molecule is CCN=Cc1c(N2CC[C@@H](N(C)C)C2)cc(Cl)c(Br)c1N. The number of nitrogens with zero attached hydrogens (tertiary/aromatic N) is 3. The molecule has 0 spiro atoms. The Hall–Kier alpha value is -0.780. The number of anilines is 2. The smallest absolute Gasteiger partial charge is 0.0599 e. The number of benzene rings is 1. The van der Waals surface area contributed by atoms with Crippen molar-refractivity contribution in [1.82, 2.24) is 4.90 Å². The molecule has 1 aromatic carbocycles. The van der Waals surface area contributed by atoms with Crippen molar-refractivity contribution in [1.29, 1.82) is 0 Å². The molecule has 0 aromatic heterocycles. The van der Waals surface area contributed by atoms with Crippen LogP contribution in [0.1, 0.15) is 18.9 Å². The van der Waals surface area contributed by atoms with E-state index in [1.165, 1.54) is 0 Å². The van der Waals surface area contributed by atoms with E-state index >= 15 is 0 Å². The highest BCUT2D eigenvalue weighted by atomic mass is 79.9. The first-order valence-corrected chi connectivity index (χ1v) is 8.31. The molecular formula is C15H22BrClN4. The third kappa shape index (κ3) is 3.52. The van der Waals surface area contributed by atoms with Gasteiger partial charge >= 0.3 is 0 Å². The molecule has 0 aliphatic carbocycles. The molecule has 2 rings (SSSR count). The minimum atomic E-state index is 0.560. The highest BCUT2D eigenvalue weighted by Crippen LogP contribution is 2.38. The van der Waals surface area contributed by atoms with Crippen molar-refractivity contribution < 1.29 is 0 Å². The zero-order valence-electron chi connectivity index (χ0n) is 12.7. The molecule has 0 radical (unpaired) electrons. The predicted octanol–water partition coefficient (Wildman–Crippen LogP) is 3.26. The summed E-state index contributed by atoms with van der Waals surface area (Å²) in [5, 5.41) is 0.643. The largest absolute Gasteiger partial charge is 0.397 e. The van der Waals surface area contributed by atoms with Gasteiger partial charge in [0, 0.05) is 43.1 Å². The van der Waals surface area contributed by atoms with Crippen LogP contribution >= 0.6 is 27.5 Å². The maximum Gasteiger partial charge on any atom is 0.0599 e. The summed E-state index contributed by atoms with van der Waals surface area (Å²) >= 11 is 9.75. The van der Waals surface area contributed by atoms with Gasteiger partial charge in [0.25, 0.3) is 0 Å². The Labute approximate surface area is 140 Å². The van der Waals surface area contributed by atoms with Gasteiger partial charge in [0.2, 0.25) is 0 Å². The fourth-order valence-corrected chi connectivity index (χ4v) is 3.14. The topological polar surface area (TPSA) is 44.9 Å². The number of nitrogen functional groups attached to an aromatic ring is 1. The van der Waals surface area contributed by atoms with Crippen LogP contribution < -0.4 is 10.6 Å². The molecule has 1 heterocycles.